The molecule has 2 nitrogen and oxygen atoms in total. The summed E-state index contributed by atoms with van der Waals surface area (Å²) in [5, 5.41) is 0. The maximum absolute atomic E-state index is 5.62. The fraction of sp³-hybridized carbons (Fsp3) is 0.333. The third-order valence-electron chi connectivity index (χ3n) is 3.79. The molecular formula is C18H24N2. The number of nitrogens with zero attached hydrogens (tertiary/aromatic N) is 1. The number of benzene rings is 2. The van der Waals surface area contributed by atoms with E-state index in [2.05, 4.69) is 68.3 Å². The highest BCUT2D eigenvalue weighted by Crippen LogP contribution is 2.27. The zero-order chi connectivity index (χ0) is 14.5. The summed E-state index contributed by atoms with van der Waals surface area (Å²) in [4.78, 5) is 2.24. The van der Waals surface area contributed by atoms with Crippen LogP contribution in [0.1, 0.15) is 23.6 Å². The van der Waals surface area contributed by atoms with Crippen LogP contribution < -0.4 is 10.6 Å². The number of hydrogen-bond acceptors (Lipinski definition) is 2. The van der Waals surface area contributed by atoms with Gasteiger partial charge < -0.3 is 10.6 Å². The van der Waals surface area contributed by atoms with Crippen molar-refractivity contribution in [2.24, 2.45) is 5.73 Å². The van der Waals surface area contributed by atoms with Crippen LogP contribution in [0.4, 0.5) is 11.4 Å². The molecule has 0 radical (unpaired) electrons. The lowest BCUT2D eigenvalue weighted by molar-refractivity contribution is 0.965. The van der Waals surface area contributed by atoms with Gasteiger partial charge in [0.1, 0.15) is 0 Å². The Morgan fingerprint density at radius 2 is 1.65 bits per heavy atom. The number of anilines is 2. The van der Waals surface area contributed by atoms with Crippen molar-refractivity contribution in [3.8, 4) is 0 Å². The molecule has 2 N–H and O–H groups in total. The highest BCUT2D eigenvalue weighted by Gasteiger charge is 2.07. The highest BCUT2D eigenvalue weighted by atomic mass is 15.1. The molecule has 0 aliphatic carbocycles. The number of hydrogen-bond donors (Lipinski definition) is 1. The molecule has 0 amide bonds. The Balaban J connectivity index is 2.25. The lowest BCUT2D eigenvalue weighted by atomic mass is 10.1. The minimum atomic E-state index is 0.701. The van der Waals surface area contributed by atoms with E-state index >= 15 is 0 Å². The van der Waals surface area contributed by atoms with E-state index in [1.165, 1.54) is 28.1 Å². The molecule has 2 aromatic rings. The summed E-state index contributed by atoms with van der Waals surface area (Å²) in [7, 11) is 2.12. The summed E-state index contributed by atoms with van der Waals surface area (Å²) < 4.78 is 0. The van der Waals surface area contributed by atoms with Crippen molar-refractivity contribution in [2.75, 3.05) is 18.5 Å². The summed E-state index contributed by atoms with van der Waals surface area (Å²) >= 11 is 0. The fourth-order valence-electron chi connectivity index (χ4n) is 2.51. The van der Waals surface area contributed by atoms with Gasteiger partial charge in [-0.3, -0.25) is 0 Å². The molecule has 0 fully saturated rings. The second kappa shape index (κ2) is 6.58. The average molecular weight is 268 g/mol. The van der Waals surface area contributed by atoms with Gasteiger partial charge in [0.15, 0.2) is 0 Å². The average Bonchev–Trinajstić information content (AvgIpc) is 2.47. The van der Waals surface area contributed by atoms with Gasteiger partial charge in [-0.15, -0.1) is 0 Å². The van der Waals surface area contributed by atoms with Crippen LogP contribution in [0.2, 0.25) is 0 Å². The first kappa shape index (κ1) is 14.6. The van der Waals surface area contributed by atoms with Crippen molar-refractivity contribution < 1.29 is 0 Å². The molecule has 0 saturated heterocycles. The fourth-order valence-corrected chi connectivity index (χ4v) is 2.51. The highest BCUT2D eigenvalue weighted by molar-refractivity contribution is 5.66. The Morgan fingerprint density at radius 1 is 1.00 bits per heavy atom. The SMILES string of the molecule is CCc1ccc(N(C)c2ccc(CCN)cc2C)cc1. The number of rotatable bonds is 5. The topological polar surface area (TPSA) is 29.3 Å². The van der Waals surface area contributed by atoms with E-state index in [0.29, 0.717) is 6.54 Å². The molecule has 2 aromatic carbocycles. The molecular weight excluding hydrogens is 244 g/mol. The minimum absolute atomic E-state index is 0.701. The second-order valence-electron chi connectivity index (χ2n) is 5.24. The maximum Gasteiger partial charge on any atom is 0.0437 e. The van der Waals surface area contributed by atoms with E-state index in [0.717, 1.165) is 12.8 Å². The van der Waals surface area contributed by atoms with Crippen LogP contribution in [0.25, 0.3) is 0 Å². The van der Waals surface area contributed by atoms with Gasteiger partial charge in [0, 0.05) is 18.4 Å². The summed E-state index contributed by atoms with van der Waals surface area (Å²) in [6.07, 6.45) is 2.02. The quantitative estimate of drug-likeness (QED) is 0.893. The van der Waals surface area contributed by atoms with Gasteiger partial charge in [0.2, 0.25) is 0 Å². The summed E-state index contributed by atoms with van der Waals surface area (Å²) in [5.41, 5.74) is 12.1. The van der Waals surface area contributed by atoms with Gasteiger partial charge in [-0.1, -0.05) is 31.2 Å². The first-order valence-electron chi connectivity index (χ1n) is 7.28. The first-order valence-corrected chi connectivity index (χ1v) is 7.28. The zero-order valence-electron chi connectivity index (χ0n) is 12.7. The Hall–Kier alpha value is -1.80. The molecule has 20 heavy (non-hydrogen) atoms. The Bertz CT molecular complexity index is 558. The molecule has 2 rings (SSSR count). The summed E-state index contributed by atoms with van der Waals surface area (Å²) in [6, 6.07) is 15.4. The van der Waals surface area contributed by atoms with Crippen LogP contribution in [0.15, 0.2) is 42.5 Å². The number of aryl methyl sites for hydroxylation is 2. The Kier molecular flexibility index (Phi) is 4.80. The van der Waals surface area contributed by atoms with Gasteiger partial charge in [-0.25, -0.2) is 0 Å². The van der Waals surface area contributed by atoms with Crippen LogP contribution >= 0.6 is 0 Å². The smallest absolute Gasteiger partial charge is 0.0437 e. The molecule has 0 aliphatic rings. The molecule has 0 saturated carbocycles. The molecule has 106 valence electrons. The van der Waals surface area contributed by atoms with Gasteiger partial charge in [0.25, 0.3) is 0 Å². The predicted octanol–water partition coefficient (Wildman–Crippen LogP) is 3.83. The van der Waals surface area contributed by atoms with Crippen molar-refractivity contribution >= 4 is 11.4 Å². The maximum atomic E-state index is 5.62. The Labute approximate surface area is 122 Å². The second-order valence-corrected chi connectivity index (χ2v) is 5.24. The van der Waals surface area contributed by atoms with E-state index in [1.807, 2.05) is 0 Å². The largest absolute Gasteiger partial charge is 0.344 e. The predicted molar refractivity (Wildman–Crippen MR) is 87.8 cm³/mol. The molecule has 0 atom stereocenters. The zero-order valence-corrected chi connectivity index (χ0v) is 12.7. The normalized spacial score (nSPS) is 10.6. The van der Waals surface area contributed by atoms with Gasteiger partial charge in [-0.05, 0) is 61.2 Å². The molecule has 0 unspecified atom stereocenters. The van der Waals surface area contributed by atoms with Crippen molar-refractivity contribution in [3.05, 3.63) is 59.2 Å². The lowest BCUT2D eigenvalue weighted by Crippen LogP contribution is -2.11. The van der Waals surface area contributed by atoms with Crippen molar-refractivity contribution in [2.45, 2.75) is 26.7 Å². The minimum Gasteiger partial charge on any atom is -0.344 e. The lowest BCUT2D eigenvalue weighted by Gasteiger charge is -2.22. The molecule has 0 heterocycles. The van der Waals surface area contributed by atoms with Crippen LogP contribution in [0.3, 0.4) is 0 Å². The summed E-state index contributed by atoms with van der Waals surface area (Å²) in [5.74, 6) is 0. The van der Waals surface area contributed by atoms with Crippen molar-refractivity contribution in [1.29, 1.82) is 0 Å². The van der Waals surface area contributed by atoms with E-state index in [-0.39, 0.29) is 0 Å². The van der Waals surface area contributed by atoms with Gasteiger partial charge in [-0.2, -0.15) is 0 Å². The molecule has 0 aromatic heterocycles. The molecule has 0 bridgehead atoms. The summed E-state index contributed by atoms with van der Waals surface area (Å²) in [6.45, 7) is 5.04. The Morgan fingerprint density at radius 3 is 2.20 bits per heavy atom. The molecule has 0 aliphatic heterocycles. The monoisotopic (exact) mass is 268 g/mol. The van der Waals surface area contributed by atoms with E-state index < -0.39 is 0 Å². The molecule has 2 heteroatoms. The van der Waals surface area contributed by atoms with E-state index in [1.54, 1.807) is 0 Å². The van der Waals surface area contributed by atoms with Gasteiger partial charge >= 0.3 is 0 Å². The van der Waals surface area contributed by atoms with Crippen LogP contribution in [0, 0.1) is 6.92 Å². The van der Waals surface area contributed by atoms with Crippen LogP contribution in [-0.4, -0.2) is 13.6 Å². The van der Waals surface area contributed by atoms with Crippen LogP contribution in [0.5, 0.6) is 0 Å². The molecule has 0 spiro atoms. The third-order valence-corrected chi connectivity index (χ3v) is 3.79. The van der Waals surface area contributed by atoms with Crippen molar-refractivity contribution in [1.82, 2.24) is 0 Å². The standard InChI is InChI=1S/C18H24N2/c1-4-15-5-8-17(9-6-15)20(3)18-10-7-16(11-12-19)13-14(18)2/h5-10,13H,4,11-12,19H2,1-3H3. The third kappa shape index (κ3) is 3.20. The van der Waals surface area contributed by atoms with E-state index in [4.69, 9.17) is 5.73 Å². The van der Waals surface area contributed by atoms with Crippen LogP contribution in [-0.2, 0) is 12.8 Å². The van der Waals surface area contributed by atoms with E-state index in [9.17, 15) is 0 Å². The first-order chi connectivity index (χ1) is 9.65. The van der Waals surface area contributed by atoms with Crippen molar-refractivity contribution in [3.63, 3.8) is 0 Å². The van der Waals surface area contributed by atoms with Gasteiger partial charge in [0.05, 0.1) is 0 Å². The number of nitrogens with two attached hydrogens (primary N) is 1.